The van der Waals surface area contributed by atoms with E-state index in [1.807, 2.05) is 24.3 Å². The number of carbonyl (C=O) groups is 1. The monoisotopic (exact) mass is 353 g/mol. The van der Waals surface area contributed by atoms with Gasteiger partial charge in [-0.05, 0) is 43.0 Å². The largest absolute Gasteiger partial charge is 0.423 e. The molecule has 1 fully saturated rings. The summed E-state index contributed by atoms with van der Waals surface area (Å²) in [6.07, 6.45) is 1.85. The zero-order chi connectivity index (χ0) is 17.9. The Labute approximate surface area is 150 Å². The van der Waals surface area contributed by atoms with Crippen LogP contribution < -0.4 is 10.2 Å². The number of piperidine rings is 1. The maximum absolute atomic E-state index is 13.6. The Bertz CT molecular complexity index is 883. The molecule has 2 heterocycles. The molecule has 1 N–H and O–H groups in total. The van der Waals surface area contributed by atoms with E-state index in [0.29, 0.717) is 18.5 Å². The first-order chi connectivity index (χ1) is 12.7. The molecule has 0 bridgehead atoms. The molecule has 0 aliphatic carbocycles. The smallest absolute Gasteiger partial charge is 0.298 e. The maximum atomic E-state index is 13.6. The van der Waals surface area contributed by atoms with Crippen LogP contribution in [0.2, 0.25) is 0 Å². The van der Waals surface area contributed by atoms with Crippen molar-refractivity contribution in [2.24, 2.45) is 5.92 Å². The van der Waals surface area contributed by atoms with Gasteiger partial charge in [0.1, 0.15) is 11.3 Å². The molecule has 1 aliphatic rings. The van der Waals surface area contributed by atoms with E-state index in [0.717, 1.165) is 37.0 Å². The fraction of sp³-hybridized carbons (Fsp3) is 0.300. The quantitative estimate of drug-likeness (QED) is 0.778. The van der Waals surface area contributed by atoms with Crippen molar-refractivity contribution in [2.75, 3.05) is 24.5 Å². The Hall–Kier alpha value is -2.89. The summed E-state index contributed by atoms with van der Waals surface area (Å²) < 4.78 is 19.5. The van der Waals surface area contributed by atoms with Gasteiger partial charge in [-0.25, -0.2) is 4.39 Å². The Morgan fingerprint density at radius 2 is 1.88 bits per heavy atom. The van der Waals surface area contributed by atoms with Crippen LogP contribution >= 0.6 is 0 Å². The van der Waals surface area contributed by atoms with E-state index in [1.165, 1.54) is 12.1 Å². The predicted octanol–water partition coefficient (Wildman–Crippen LogP) is 3.61. The van der Waals surface area contributed by atoms with Gasteiger partial charge in [-0.3, -0.25) is 4.79 Å². The number of halogens is 1. The number of nitrogens with zero attached hydrogens (tertiary/aromatic N) is 2. The molecule has 0 unspecified atom stereocenters. The molecule has 6 heteroatoms. The standard InChI is InChI=1S/C20H20FN3O2/c21-16-6-2-1-5-15(16)19(25)22-13-14-9-11-24(12-10-14)20-23-17-7-3-4-8-18(17)26-20/h1-8,14H,9-13H2,(H,22,25). The molecule has 134 valence electrons. The van der Waals surface area contributed by atoms with Gasteiger partial charge in [0.2, 0.25) is 0 Å². The highest BCUT2D eigenvalue weighted by Gasteiger charge is 2.23. The highest BCUT2D eigenvalue weighted by Crippen LogP contribution is 2.26. The van der Waals surface area contributed by atoms with Gasteiger partial charge in [-0.2, -0.15) is 4.98 Å². The molecular weight excluding hydrogens is 333 g/mol. The third kappa shape index (κ3) is 3.40. The maximum Gasteiger partial charge on any atom is 0.298 e. The van der Waals surface area contributed by atoms with Crippen molar-refractivity contribution in [3.05, 3.63) is 59.9 Å². The molecule has 4 rings (SSSR count). The lowest BCUT2D eigenvalue weighted by atomic mass is 9.97. The number of oxazole rings is 1. The summed E-state index contributed by atoms with van der Waals surface area (Å²) in [6, 6.07) is 14.4. The molecule has 1 amide bonds. The second-order valence-electron chi connectivity index (χ2n) is 6.58. The van der Waals surface area contributed by atoms with Crippen LogP contribution in [-0.4, -0.2) is 30.5 Å². The Morgan fingerprint density at radius 3 is 2.65 bits per heavy atom. The van der Waals surface area contributed by atoms with E-state index in [1.54, 1.807) is 12.1 Å². The molecule has 0 atom stereocenters. The van der Waals surface area contributed by atoms with E-state index < -0.39 is 5.82 Å². The van der Waals surface area contributed by atoms with E-state index >= 15 is 0 Å². The number of fused-ring (bicyclic) bond motifs is 1. The number of nitrogens with one attached hydrogen (secondary N) is 1. The average Bonchev–Trinajstić information content (AvgIpc) is 3.11. The topological polar surface area (TPSA) is 58.4 Å². The van der Waals surface area contributed by atoms with Crippen LogP contribution in [-0.2, 0) is 0 Å². The van der Waals surface area contributed by atoms with Crippen molar-refractivity contribution in [1.29, 1.82) is 0 Å². The number of aromatic nitrogens is 1. The molecule has 26 heavy (non-hydrogen) atoms. The van der Waals surface area contributed by atoms with Crippen molar-refractivity contribution in [1.82, 2.24) is 10.3 Å². The summed E-state index contributed by atoms with van der Waals surface area (Å²) in [5.74, 6) is -0.480. The minimum Gasteiger partial charge on any atom is -0.423 e. The van der Waals surface area contributed by atoms with E-state index in [2.05, 4.69) is 15.2 Å². The number of para-hydroxylation sites is 2. The first-order valence-electron chi connectivity index (χ1n) is 8.84. The first kappa shape index (κ1) is 16.6. The number of hydrogen-bond acceptors (Lipinski definition) is 4. The van der Waals surface area contributed by atoms with Crippen molar-refractivity contribution in [3.63, 3.8) is 0 Å². The molecular formula is C20H20FN3O2. The van der Waals surface area contributed by atoms with Crippen LogP contribution in [0.15, 0.2) is 52.9 Å². The highest BCUT2D eigenvalue weighted by molar-refractivity contribution is 5.94. The van der Waals surface area contributed by atoms with Crippen LogP contribution in [0.25, 0.3) is 11.1 Å². The highest BCUT2D eigenvalue weighted by atomic mass is 19.1. The Balaban J connectivity index is 1.31. The number of rotatable bonds is 4. The lowest BCUT2D eigenvalue weighted by Gasteiger charge is -2.30. The van der Waals surface area contributed by atoms with Gasteiger partial charge in [0.05, 0.1) is 5.56 Å². The summed E-state index contributed by atoms with van der Waals surface area (Å²) in [5.41, 5.74) is 1.75. The molecule has 3 aromatic rings. The number of carbonyl (C=O) groups excluding carboxylic acids is 1. The average molecular weight is 353 g/mol. The van der Waals surface area contributed by atoms with Crippen molar-refractivity contribution in [2.45, 2.75) is 12.8 Å². The minimum atomic E-state index is -0.490. The van der Waals surface area contributed by atoms with Gasteiger partial charge < -0.3 is 14.6 Å². The van der Waals surface area contributed by atoms with Crippen LogP contribution in [0.4, 0.5) is 10.4 Å². The number of anilines is 1. The summed E-state index contributed by atoms with van der Waals surface area (Å²) in [7, 11) is 0. The summed E-state index contributed by atoms with van der Waals surface area (Å²) in [6.45, 7) is 2.20. The molecule has 2 aromatic carbocycles. The van der Waals surface area contributed by atoms with Gasteiger partial charge in [0.15, 0.2) is 5.58 Å². The molecule has 0 radical (unpaired) electrons. The van der Waals surface area contributed by atoms with Crippen molar-refractivity contribution < 1.29 is 13.6 Å². The summed E-state index contributed by atoms with van der Waals surface area (Å²) >= 11 is 0. The summed E-state index contributed by atoms with van der Waals surface area (Å²) in [5, 5.41) is 2.85. The van der Waals surface area contributed by atoms with Gasteiger partial charge in [0.25, 0.3) is 11.9 Å². The Kier molecular flexibility index (Phi) is 4.56. The molecule has 0 spiro atoms. The van der Waals surface area contributed by atoms with Crippen molar-refractivity contribution in [3.8, 4) is 0 Å². The normalized spacial score (nSPS) is 15.3. The van der Waals surface area contributed by atoms with E-state index in [4.69, 9.17) is 4.42 Å². The third-order valence-corrected chi connectivity index (χ3v) is 4.84. The van der Waals surface area contributed by atoms with E-state index in [9.17, 15) is 9.18 Å². The molecule has 1 saturated heterocycles. The zero-order valence-corrected chi connectivity index (χ0v) is 14.3. The summed E-state index contributed by atoms with van der Waals surface area (Å²) in [4.78, 5) is 18.8. The number of benzene rings is 2. The van der Waals surface area contributed by atoms with Gasteiger partial charge >= 0.3 is 0 Å². The fourth-order valence-corrected chi connectivity index (χ4v) is 3.30. The number of hydrogen-bond donors (Lipinski definition) is 1. The second-order valence-corrected chi connectivity index (χ2v) is 6.58. The van der Waals surface area contributed by atoms with Gasteiger partial charge in [-0.1, -0.05) is 24.3 Å². The van der Waals surface area contributed by atoms with Gasteiger partial charge in [0, 0.05) is 19.6 Å². The SMILES string of the molecule is O=C(NCC1CCN(c2nc3ccccc3o2)CC1)c1ccccc1F. The lowest BCUT2D eigenvalue weighted by Crippen LogP contribution is -2.39. The molecule has 1 aliphatic heterocycles. The number of amides is 1. The zero-order valence-electron chi connectivity index (χ0n) is 14.3. The van der Waals surface area contributed by atoms with Crippen LogP contribution in [0.1, 0.15) is 23.2 Å². The Morgan fingerprint density at radius 1 is 1.15 bits per heavy atom. The minimum absolute atomic E-state index is 0.0939. The van der Waals surface area contributed by atoms with Crippen LogP contribution in [0.5, 0.6) is 0 Å². The van der Waals surface area contributed by atoms with Gasteiger partial charge in [-0.15, -0.1) is 0 Å². The third-order valence-electron chi connectivity index (χ3n) is 4.84. The second kappa shape index (κ2) is 7.15. The molecule has 0 saturated carbocycles. The van der Waals surface area contributed by atoms with E-state index in [-0.39, 0.29) is 11.5 Å². The van der Waals surface area contributed by atoms with Crippen molar-refractivity contribution >= 4 is 23.0 Å². The first-order valence-corrected chi connectivity index (χ1v) is 8.84. The van der Waals surface area contributed by atoms with Crippen LogP contribution in [0, 0.1) is 11.7 Å². The van der Waals surface area contributed by atoms with Crippen LogP contribution in [0.3, 0.4) is 0 Å². The molecule has 1 aromatic heterocycles. The molecule has 5 nitrogen and oxygen atoms in total. The predicted molar refractivity (Wildman–Crippen MR) is 97.7 cm³/mol. The lowest BCUT2D eigenvalue weighted by molar-refractivity contribution is 0.0940. The fourth-order valence-electron chi connectivity index (χ4n) is 3.30.